The molecule has 1 aromatic rings. The Morgan fingerprint density at radius 2 is 1.71 bits per heavy atom. The molecule has 116 valence electrons. The van der Waals surface area contributed by atoms with Gasteiger partial charge in [-0.05, 0) is 23.6 Å². The number of carbonyl (C=O) groups is 1. The Bertz CT molecular complexity index is 450. The molecule has 0 bridgehead atoms. The second-order valence-corrected chi connectivity index (χ2v) is 6.14. The summed E-state index contributed by atoms with van der Waals surface area (Å²) >= 11 is 0. The maximum atomic E-state index is 11.4. The number of rotatable bonds is 5. The lowest BCUT2D eigenvalue weighted by Crippen LogP contribution is -2.46. The summed E-state index contributed by atoms with van der Waals surface area (Å²) in [6, 6.07) is 7.66. The van der Waals surface area contributed by atoms with Crippen LogP contribution in [0.3, 0.4) is 0 Å². The Morgan fingerprint density at radius 3 is 2.24 bits per heavy atom. The molecule has 0 aromatic heterocycles. The molecule has 0 atom stereocenters. The van der Waals surface area contributed by atoms with Crippen molar-refractivity contribution in [3.8, 4) is 0 Å². The van der Waals surface area contributed by atoms with Crippen molar-refractivity contribution in [3.05, 3.63) is 35.4 Å². The highest BCUT2D eigenvalue weighted by Crippen LogP contribution is 2.11. The van der Waals surface area contributed by atoms with E-state index in [-0.39, 0.29) is 5.91 Å². The normalized spacial score (nSPS) is 17.1. The Kier molecular flexibility index (Phi) is 5.73. The quantitative estimate of drug-likeness (QED) is 0.484. The first kappa shape index (κ1) is 15.9. The minimum absolute atomic E-state index is 0.246. The van der Waals surface area contributed by atoms with E-state index in [4.69, 9.17) is 5.84 Å². The van der Waals surface area contributed by atoms with Gasteiger partial charge in [0.25, 0.3) is 5.91 Å². The van der Waals surface area contributed by atoms with E-state index < -0.39 is 0 Å². The second kappa shape index (κ2) is 7.54. The van der Waals surface area contributed by atoms with Crippen molar-refractivity contribution < 1.29 is 4.79 Å². The summed E-state index contributed by atoms with van der Waals surface area (Å²) in [5.74, 6) is 5.61. The zero-order chi connectivity index (χ0) is 15.2. The summed E-state index contributed by atoms with van der Waals surface area (Å²) in [5, 5.41) is 0. The molecular weight excluding hydrogens is 264 g/mol. The Labute approximate surface area is 127 Å². The molecule has 0 aliphatic carbocycles. The van der Waals surface area contributed by atoms with Crippen molar-refractivity contribution in [2.45, 2.75) is 20.4 Å². The predicted octanol–water partition coefficient (Wildman–Crippen LogP) is 1.06. The van der Waals surface area contributed by atoms with Crippen molar-refractivity contribution >= 4 is 5.91 Å². The molecule has 0 spiro atoms. The van der Waals surface area contributed by atoms with E-state index in [0.29, 0.717) is 5.56 Å². The van der Waals surface area contributed by atoms with Gasteiger partial charge >= 0.3 is 0 Å². The molecule has 1 saturated heterocycles. The number of nitrogens with zero attached hydrogens (tertiary/aromatic N) is 2. The van der Waals surface area contributed by atoms with Gasteiger partial charge in [0.2, 0.25) is 0 Å². The number of hydrogen-bond acceptors (Lipinski definition) is 4. The van der Waals surface area contributed by atoms with Gasteiger partial charge in [-0.25, -0.2) is 5.84 Å². The molecule has 2 rings (SSSR count). The van der Waals surface area contributed by atoms with Gasteiger partial charge in [-0.2, -0.15) is 0 Å². The van der Waals surface area contributed by atoms with Crippen LogP contribution in [0.25, 0.3) is 0 Å². The average Bonchev–Trinajstić information content (AvgIpc) is 2.49. The first-order chi connectivity index (χ1) is 10.1. The maximum Gasteiger partial charge on any atom is 0.265 e. The number of hydrazine groups is 1. The van der Waals surface area contributed by atoms with Gasteiger partial charge in [0, 0.05) is 44.8 Å². The van der Waals surface area contributed by atoms with Gasteiger partial charge in [0.1, 0.15) is 0 Å². The predicted molar refractivity (Wildman–Crippen MR) is 84.7 cm³/mol. The summed E-state index contributed by atoms with van der Waals surface area (Å²) < 4.78 is 0. The smallest absolute Gasteiger partial charge is 0.265 e. The third-order valence-electron chi connectivity index (χ3n) is 3.84. The molecule has 1 heterocycles. The molecule has 0 radical (unpaired) electrons. The zero-order valence-corrected chi connectivity index (χ0v) is 13.0. The molecule has 1 amide bonds. The fourth-order valence-electron chi connectivity index (χ4n) is 2.75. The van der Waals surface area contributed by atoms with E-state index in [1.807, 2.05) is 24.3 Å². The second-order valence-electron chi connectivity index (χ2n) is 6.14. The molecule has 0 unspecified atom stereocenters. The number of hydrogen-bond donors (Lipinski definition) is 2. The minimum Gasteiger partial charge on any atom is -0.301 e. The van der Waals surface area contributed by atoms with Crippen LogP contribution in [-0.4, -0.2) is 48.4 Å². The lowest BCUT2D eigenvalue weighted by molar-refractivity contribution is 0.0953. The first-order valence-electron chi connectivity index (χ1n) is 7.63. The minimum atomic E-state index is -0.246. The van der Waals surface area contributed by atoms with Gasteiger partial charge in [0.15, 0.2) is 0 Å². The number of carbonyl (C=O) groups excluding carboxylic acids is 1. The van der Waals surface area contributed by atoms with E-state index in [2.05, 4.69) is 29.1 Å². The molecule has 21 heavy (non-hydrogen) atoms. The van der Waals surface area contributed by atoms with Crippen molar-refractivity contribution in [3.63, 3.8) is 0 Å². The molecule has 5 heteroatoms. The average molecular weight is 290 g/mol. The highest BCUT2D eigenvalue weighted by atomic mass is 16.2. The number of piperazine rings is 1. The topological polar surface area (TPSA) is 61.6 Å². The summed E-state index contributed by atoms with van der Waals surface area (Å²) in [6.07, 6.45) is 0. The third kappa shape index (κ3) is 4.81. The number of benzene rings is 1. The van der Waals surface area contributed by atoms with Crippen molar-refractivity contribution in [2.24, 2.45) is 11.8 Å². The zero-order valence-electron chi connectivity index (χ0n) is 13.0. The molecular formula is C16H26N4O. The summed E-state index contributed by atoms with van der Waals surface area (Å²) in [4.78, 5) is 16.4. The van der Waals surface area contributed by atoms with Gasteiger partial charge in [-0.3, -0.25) is 15.1 Å². The molecule has 1 fully saturated rings. The van der Waals surface area contributed by atoms with E-state index in [9.17, 15) is 4.79 Å². The van der Waals surface area contributed by atoms with Crippen LogP contribution < -0.4 is 11.3 Å². The number of amides is 1. The standard InChI is InChI=1S/C16H26N4O/c1-13(2)11-19-7-9-20(10-8-19)12-14-3-5-15(6-4-14)16(21)18-17/h3-6,13H,7-12,17H2,1-2H3,(H,18,21). The SMILES string of the molecule is CC(C)CN1CCN(Cc2ccc(C(=O)NN)cc2)CC1. The Morgan fingerprint density at radius 1 is 1.14 bits per heavy atom. The van der Waals surface area contributed by atoms with Crippen LogP contribution in [0.1, 0.15) is 29.8 Å². The van der Waals surface area contributed by atoms with Crippen molar-refractivity contribution in [1.29, 1.82) is 0 Å². The van der Waals surface area contributed by atoms with Gasteiger partial charge in [-0.1, -0.05) is 26.0 Å². The highest BCUT2D eigenvalue weighted by Gasteiger charge is 2.17. The fraction of sp³-hybridized carbons (Fsp3) is 0.562. The van der Waals surface area contributed by atoms with Crippen LogP contribution >= 0.6 is 0 Å². The largest absolute Gasteiger partial charge is 0.301 e. The highest BCUT2D eigenvalue weighted by molar-refractivity contribution is 5.93. The molecule has 3 N–H and O–H groups in total. The summed E-state index contributed by atoms with van der Waals surface area (Å²) in [5.41, 5.74) is 3.98. The van der Waals surface area contributed by atoms with Gasteiger partial charge in [0.05, 0.1) is 0 Å². The lowest BCUT2D eigenvalue weighted by atomic mass is 10.1. The third-order valence-corrected chi connectivity index (χ3v) is 3.84. The molecule has 5 nitrogen and oxygen atoms in total. The van der Waals surface area contributed by atoms with Crippen LogP contribution in [0.15, 0.2) is 24.3 Å². The molecule has 1 aromatic carbocycles. The van der Waals surface area contributed by atoms with E-state index in [0.717, 1.165) is 38.6 Å². The van der Waals surface area contributed by atoms with Gasteiger partial charge < -0.3 is 4.90 Å². The number of nitrogens with two attached hydrogens (primary N) is 1. The summed E-state index contributed by atoms with van der Waals surface area (Å²) in [7, 11) is 0. The van der Waals surface area contributed by atoms with E-state index >= 15 is 0 Å². The van der Waals surface area contributed by atoms with Crippen molar-refractivity contribution in [2.75, 3.05) is 32.7 Å². The Balaban J connectivity index is 1.82. The number of nitrogens with one attached hydrogen (secondary N) is 1. The van der Waals surface area contributed by atoms with Crippen LogP contribution in [-0.2, 0) is 6.54 Å². The fourth-order valence-corrected chi connectivity index (χ4v) is 2.75. The maximum absolute atomic E-state index is 11.4. The first-order valence-corrected chi connectivity index (χ1v) is 7.63. The number of nitrogen functional groups attached to an aromatic ring is 1. The van der Waals surface area contributed by atoms with Crippen LogP contribution in [0.4, 0.5) is 0 Å². The van der Waals surface area contributed by atoms with Crippen molar-refractivity contribution in [1.82, 2.24) is 15.2 Å². The van der Waals surface area contributed by atoms with E-state index in [1.165, 1.54) is 12.1 Å². The molecule has 1 aliphatic heterocycles. The monoisotopic (exact) mass is 290 g/mol. The van der Waals surface area contributed by atoms with Crippen LogP contribution in [0.5, 0.6) is 0 Å². The molecule has 1 aliphatic rings. The van der Waals surface area contributed by atoms with Crippen LogP contribution in [0.2, 0.25) is 0 Å². The van der Waals surface area contributed by atoms with Gasteiger partial charge in [-0.15, -0.1) is 0 Å². The van der Waals surface area contributed by atoms with Crippen LogP contribution in [0, 0.1) is 5.92 Å². The Hall–Kier alpha value is -1.43. The lowest BCUT2D eigenvalue weighted by Gasteiger charge is -2.35. The van der Waals surface area contributed by atoms with E-state index in [1.54, 1.807) is 0 Å². The summed E-state index contributed by atoms with van der Waals surface area (Å²) in [6.45, 7) is 11.2. The molecule has 0 saturated carbocycles.